The Balaban J connectivity index is 2.36. The van der Waals surface area contributed by atoms with Crippen LogP contribution in [-0.2, 0) is 0 Å². The maximum Gasteiger partial charge on any atom is 0.337 e. The number of nitrogens with zero attached hydrogens (tertiary/aromatic N) is 1. The number of rotatable bonds is 3. The monoisotopic (exact) mass is 280 g/mol. The summed E-state index contributed by atoms with van der Waals surface area (Å²) in [5.41, 5.74) is 1.36. The lowest BCUT2D eigenvalue weighted by molar-refractivity contribution is 0.0697. The molecule has 2 aromatic rings. The van der Waals surface area contributed by atoms with Gasteiger partial charge in [-0.05, 0) is 19.1 Å². The van der Waals surface area contributed by atoms with Crippen LogP contribution < -0.4 is 5.32 Å². The Bertz CT molecular complexity index is 654. The molecule has 1 aromatic carbocycles. The average molecular weight is 280 g/mol. The number of hydrogen-bond acceptors (Lipinski definition) is 4. The molecule has 0 radical (unpaired) electrons. The minimum absolute atomic E-state index is 0.296. The minimum Gasteiger partial charge on any atom is -0.478 e. The molecular weight excluding hydrogens is 271 g/mol. The van der Waals surface area contributed by atoms with Crippen molar-refractivity contribution >= 4 is 28.9 Å². The summed E-state index contributed by atoms with van der Waals surface area (Å²) >= 11 is 1.10. The molecule has 1 aromatic heterocycles. The molecule has 0 atom stereocenters. The average Bonchev–Trinajstić information content (AvgIpc) is 2.77. The number of nitrogens with one attached hydrogen (secondary N) is 1. The fourth-order valence-electron chi connectivity index (χ4n) is 1.52. The van der Waals surface area contributed by atoms with Crippen LogP contribution in [0.25, 0.3) is 0 Å². The zero-order chi connectivity index (χ0) is 14.0. The lowest BCUT2D eigenvalue weighted by atomic mass is 10.1. The van der Waals surface area contributed by atoms with Crippen molar-refractivity contribution in [2.24, 2.45) is 0 Å². The van der Waals surface area contributed by atoms with Crippen LogP contribution in [0.2, 0.25) is 0 Å². The van der Waals surface area contributed by atoms with E-state index in [1.807, 2.05) is 0 Å². The van der Waals surface area contributed by atoms with E-state index in [2.05, 4.69) is 10.3 Å². The number of halogens is 1. The van der Waals surface area contributed by atoms with Crippen LogP contribution in [0.15, 0.2) is 23.7 Å². The number of benzene rings is 1. The number of amides is 1. The molecular formula is C12H9FN2O3S. The third-order valence-electron chi connectivity index (χ3n) is 2.43. The SMILES string of the molecule is Cc1ncsc1C(=O)Nc1c(F)cccc1C(=O)O. The van der Waals surface area contributed by atoms with E-state index < -0.39 is 17.7 Å². The van der Waals surface area contributed by atoms with Gasteiger partial charge in [-0.2, -0.15) is 0 Å². The number of aromatic carboxylic acids is 1. The van der Waals surface area contributed by atoms with Crippen molar-refractivity contribution in [3.63, 3.8) is 0 Å². The number of carboxylic acid groups (broad SMARTS) is 1. The molecule has 98 valence electrons. The van der Waals surface area contributed by atoms with Crippen LogP contribution in [0.3, 0.4) is 0 Å². The largest absolute Gasteiger partial charge is 0.478 e. The fraction of sp³-hybridized carbons (Fsp3) is 0.0833. The van der Waals surface area contributed by atoms with Gasteiger partial charge in [0.05, 0.1) is 22.5 Å². The number of carbonyl (C=O) groups excluding carboxylic acids is 1. The van der Waals surface area contributed by atoms with Crippen molar-refractivity contribution in [2.75, 3.05) is 5.32 Å². The molecule has 2 N–H and O–H groups in total. The van der Waals surface area contributed by atoms with Crippen LogP contribution in [-0.4, -0.2) is 22.0 Å². The Morgan fingerprint density at radius 3 is 2.74 bits per heavy atom. The Labute approximate surface area is 111 Å². The zero-order valence-corrected chi connectivity index (χ0v) is 10.6. The van der Waals surface area contributed by atoms with Crippen molar-refractivity contribution < 1.29 is 19.1 Å². The Morgan fingerprint density at radius 2 is 2.16 bits per heavy atom. The maximum absolute atomic E-state index is 13.6. The predicted octanol–water partition coefficient (Wildman–Crippen LogP) is 2.54. The van der Waals surface area contributed by atoms with Crippen LogP contribution >= 0.6 is 11.3 Å². The quantitative estimate of drug-likeness (QED) is 0.905. The van der Waals surface area contributed by atoms with Crippen molar-refractivity contribution in [2.45, 2.75) is 6.92 Å². The van der Waals surface area contributed by atoms with Gasteiger partial charge < -0.3 is 10.4 Å². The highest BCUT2D eigenvalue weighted by Gasteiger charge is 2.19. The number of aromatic nitrogens is 1. The topological polar surface area (TPSA) is 79.3 Å². The normalized spacial score (nSPS) is 10.2. The van der Waals surface area contributed by atoms with Crippen molar-refractivity contribution in [3.8, 4) is 0 Å². The van der Waals surface area contributed by atoms with Crippen LogP contribution in [0.5, 0.6) is 0 Å². The first-order chi connectivity index (χ1) is 9.00. The fourth-order valence-corrected chi connectivity index (χ4v) is 2.22. The lowest BCUT2D eigenvalue weighted by Crippen LogP contribution is -2.16. The van der Waals surface area contributed by atoms with Crippen LogP contribution in [0.1, 0.15) is 25.7 Å². The summed E-state index contributed by atoms with van der Waals surface area (Å²) in [5, 5.41) is 11.2. The van der Waals surface area contributed by atoms with E-state index in [9.17, 15) is 14.0 Å². The molecule has 7 heteroatoms. The van der Waals surface area contributed by atoms with Crippen molar-refractivity contribution in [1.82, 2.24) is 4.98 Å². The number of carboxylic acids is 1. The zero-order valence-electron chi connectivity index (χ0n) is 9.81. The minimum atomic E-state index is -1.31. The molecule has 0 aliphatic heterocycles. The van der Waals surface area contributed by atoms with Crippen molar-refractivity contribution in [1.29, 1.82) is 0 Å². The van der Waals surface area contributed by atoms with Crippen LogP contribution in [0, 0.1) is 12.7 Å². The van der Waals surface area contributed by atoms with Gasteiger partial charge in [0.15, 0.2) is 0 Å². The molecule has 0 spiro atoms. The van der Waals surface area contributed by atoms with E-state index in [0.717, 1.165) is 17.4 Å². The number of anilines is 1. The van der Waals surface area contributed by atoms with Gasteiger partial charge in [0.2, 0.25) is 0 Å². The molecule has 5 nitrogen and oxygen atoms in total. The van der Waals surface area contributed by atoms with E-state index >= 15 is 0 Å². The second kappa shape index (κ2) is 5.15. The molecule has 0 saturated carbocycles. The molecule has 0 saturated heterocycles. The summed E-state index contributed by atoms with van der Waals surface area (Å²) in [6, 6.07) is 3.58. The Morgan fingerprint density at radius 1 is 1.42 bits per heavy atom. The van der Waals surface area contributed by atoms with E-state index in [0.29, 0.717) is 10.6 Å². The molecule has 1 heterocycles. The van der Waals surface area contributed by atoms with E-state index in [4.69, 9.17) is 5.11 Å². The van der Waals surface area contributed by atoms with Gasteiger partial charge in [0, 0.05) is 0 Å². The first-order valence-corrected chi connectivity index (χ1v) is 6.12. The highest BCUT2D eigenvalue weighted by atomic mass is 32.1. The van der Waals surface area contributed by atoms with Gasteiger partial charge in [-0.15, -0.1) is 11.3 Å². The number of aryl methyl sites for hydroxylation is 1. The summed E-state index contributed by atoms with van der Waals surface area (Å²) < 4.78 is 13.6. The van der Waals surface area contributed by atoms with Crippen molar-refractivity contribution in [3.05, 3.63) is 45.7 Å². The molecule has 1 amide bonds. The second-order valence-electron chi connectivity index (χ2n) is 3.69. The van der Waals surface area contributed by atoms with E-state index in [1.54, 1.807) is 6.92 Å². The molecule has 2 rings (SSSR count). The van der Waals surface area contributed by atoms with Gasteiger partial charge in [-0.25, -0.2) is 14.2 Å². The Kier molecular flexibility index (Phi) is 3.57. The van der Waals surface area contributed by atoms with E-state index in [1.165, 1.54) is 17.6 Å². The van der Waals surface area contributed by atoms with E-state index in [-0.39, 0.29) is 11.3 Å². The lowest BCUT2D eigenvalue weighted by Gasteiger charge is -2.08. The molecule has 0 bridgehead atoms. The Hall–Kier alpha value is -2.28. The third kappa shape index (κ3) is 2.60. The summed E-state index contributed by atoms with van der Waals surface area (Å²) in [6.45, 7) is 1.64. The van der Waals surface area contributed by atoms with Gasteiger partial charge in [0.1, 0.15) is 10.7 Å². The standard InChI is InChI=1S/C12H9FN2O3S/c1-6-10(19-5-14-6)11(16)15-9-7(12(17)18)3-2-4-8(9)13/h2-5H,1H3,(H,15,16)(H,17,18). The van der Waals surface area contributed by atoms with Gasteiger partial charge in [-0.3, -0.25) is 4.79 Å². The number of thiazole rings is 1. The number of carbonyl (C=O) groups is 2. The van der Waals surface area contributed by atoms with Gasteiger partial charge in [-0.1, -0.05) is 6.07 Å². The van der Waals surface area contributed by atoms with Gasteiger partial charge in [0.25, 0.3) is 5.91 Å². The summed E-state index contributed by atoms with van der Waals surface area (Å²) in [7, 11) is 0. The third-order valence-corrected chi connectivity index (χ3v) is 3.36. The highest BCUT2D eigenvalue weighted by molar-refractivity contribution is 7.12. The first kappa shape index (κ1) is 13.2. The predicted molar refractivity (Wildman–Crippen MR) is 68.2 cm³/mol. The first-order valence-electron chi connectivity index (χ1n) is 5.24. The highest BCUT2D eigenvalue weighted by Crippen LogP contribution is 2.22. The molecule has 19 heavy (non-hydrogen) atoms. The maximum atomic E-state index is 13.6. The van der Waals surface area contributed by atoms with Gasteiger partial charge >= 0.3 is 5.97 Å². The molecule has 0 aliphatic rings. The summed E-state index contributed by atoms with van der Waals surface area (Å²) in [6.07, 6.45) is 0. The second-order valence-corrected chi connectivity index (χ2v) is 4.54. The summed E-state index contributed by atoms with van der Waals surface area (Å²) in [4.78, 5) is 27.1. The smallest absolute Gasteiger partial charge is 0.337 e. The summed E-state index contributed by atoms with van der Waals surface area (Å²) in [5.74, 6) is -2.68. The molecule has 0 aliphatic carbocycles. The van der Waals surface area contributed by atoms with Crippen LogP contribution in [0.4, 0.5) is 10.1 Å². The molecule has 0 fully saturated rings. The number of hydrogen-bond donors (Lipinski definition) is 2. The number of para-hydroxylation sites is 1. The molecule has 0 unspecified atom stereocenters.